The molecule has 29 heavy (non-hydrogen) atoms. The maximum atomic E-state index is 12.4. The van der Waals surface area contributed by atoms with Crippen molar-refractivity contribution >= 4 is 22.0 Å². The molecule has 0 unspecified atom stereocenters. The van der Waals surface area contributed by atoms with E-state index in [0.29, 0.717) is 11.8 Å². The summed E-state index contributed by atoms with van der Waals surface area (Å²) in [4.78, 5) is 16.7. The summed E-state index contributed by atoms with van der Waals surface area (Å²) in [5.74, 6) is 1.41. The summed E-state index contributed by atoms with van der Waals surface area (Å²) >= 11 is 3.39. The van der Waals surface area contributed by atoms with E-state index in [2.05, 4.69) is 34.3 Å². The maximum absolute atomic E-state index is 12.4. The van der Waals surface area contributed by atoms with E-state index < -0.39 is 0 Å². The number of hydrogen-bond donors (Lipinski definition) is 0. The molecule has 0 aliphatic heterocycles. The minimum atomic E-state index is -0.254. The third kappa shape index (κ3) is 8.51. The van der Waals surface area contributed by atoms with Crippen molar-refractivity contribution in [2.75, 3.05) is 26.7 Å². The first kappa shape index (κ1) is 23.9. The predicted octanol–water partition coefficient (Wildman–Crippen LogP) is 6.51. The standard InChI is InChI=1S/C24H37BrN2O2/c1-4-18-27(5-2)19-8-6-7-9-20-10-14-22(15-11-20)26(3)24(28)29-23-16-12-21(25)13-17-23/h4,12-13,16-17,20,22H,1,5-11,14-15,18-19H2,2-3H3. The van der Waals surface area contributed by atoms with Crippen LogP contribution in [0.3, 0.4) is 0 Å². The zero-order valence-electron chi connectivity index (χ0n) is 18.1. The second-order valence-corrected chi connectivity index (χ2v) is 9.05. The molecule has 1 saturated carbocycles. The van der Waals surface area contributed by atoms with E-state index in [9.17, 15) is 4.79 Å². The molecule has 4 nitrogen and oxygen atoms in total. The number of ether oxygens (including phenoxy) is 1. The van der Waals surface area contributed by atoms with Gasteiger partial charge in [0.05, 0.1) is 0 Å². The first-order valence-electron chi connectivity index (χ1n) is 11.1. The maximum Gasteiger partial charge on any atom is 0.415 e. The summed E-state index contributed by atoms with van der Waals surface area (Å²) in [5.41, 5.74) is 0. The molecule has 0 N–H and O–H groups in total. The number of unbranched alkanes of at least 4 members (excludes halogenated alkanes) is 2. The van der Waals surface area contributed by atoms with Crippen LogP contribution in [0.5, 0.6) is 5.75 Å². The lowest BCUT2D eigenvalue weighted by molar-refractivity contribution is 0.123. The first-order chi connectivity index (χ1) is 14.0. The Morgan fingerprint density at radius 2 is 1.86 bits per heavy atom. The average molecular weight is 465 g/mol. The molecular weight excluding hydrogens is 428 g/mol. The smallest absolute Gasteiger partial charge is 0.410 e. The van der Waals surface area contributed by atoms with Crippen LogP contribution in [0.15, 0.2) is 41.4 Å². The zero-order chi connectivity index (χ0) is 21.1. The summed E-state index contributed by atoms with van der Waals surface area (Å²) in [7, 11) is 1.87. The van der Waals surface area contributed by atoms with Crippen LogP contribution in [0.25, 0.3) is 0 Å². The number of carbonyl (C=O) groups is 1. The Morgan fingerprint density at radius 3 is 2.48 bits per heavy atom. The van der Waals surface area contributed by atoms with Crippen molar-refractivity contribution in [1.29, 1.82) is 0 Å². The Morgan fingerprint density at radius 1 is 1.17 bits per heavy atom. The van der Waals surface area contributed by atoms with Crippen LogP contribution in [-0.2, 0) is 0 Å². The molecule has 5 heteroatoms. The molecule has 0 saturated heterocycles. The van der Waals surface area contributed by atoms with Gasteiger partial charge in [0.15, 0.2) is 0 Å². The van der Waals surface area contributed by atoms with Gasteiger partial charge in [-0.2, -0.15) is 0 Å². The van der Waals surface area contributed by atoms with Crippen molar-refractivity contribution in [3.05, 3.63) is 41.4 Å². The summed E-state index contributed by atoms with van der Waals surface area (Å²) in [6, 6.07) is 7.68. The summed E-state index contributed by atoms with van der Waals surface area (Å²) in [5, 5.41) is 0. The Labute approximate surface area is 185 Å². The van der Waals surface area contributed by atoms with Gasteiger partial charge in [-0.25, -0.2) is 4.79 Å². The van der Waals surface area contributed by atoms with Gasteiger partial charge in [0.25, 0.3) is 0 Å². The summed E-state index contributed by atoms with van der Waals surface area (Å²) in [6.07, 6.45) is 11.6. The van der Waals surface area contributed by atoms with Gasteiger partial charge in [-0.3, -0.25) is 4.90 Å². The minimum absolute atomic E-state index is 0.254. The Balaban J connectivity index is 1.62. The van der Waals surface area contributed by atoms with E-state index in [1.54, 1.807) is 4.90 Å². The molecule has 0 heterocycles. The Hall–Kier alpha value is -1.33. The normalized spacial score (nSPS) is 19.2. The van der Waals surface area contributed by atoms with E-state index in [4.69, 9.17) is 4.74 Å². The van der Waals surface area contributed by atoms with Gasteiger partial charge in [0.1, 0.15) is 5.75 Å². The van der Waals surface area contributed by atoms with Gasteiger partial charge in [-0.1, -0.05) is 48.2 Å². The fraction of sp³-hybridized carbons (Fsp3) is 0.625. The molecule has 1 aliphatic rings. The van der Waals surface area contributed by atoms with Crippen LogP contribution >= 0.6 is 15.9 Å². The van der Waals surface area contributed by atoms with Gasteiger partial charge >= 0.3 is 6.09 Å². The summed E-state index contributed by atoms with van der Waals surface area (Å²) in [6.45, 7) is 9.33. The number of halogens is 1. The summed E-state index contributed by atoms with van der Waals surface area (Å²) < 4.78 is 6.48. The van der Waals surface area contributed by atoms with Crippen LogP contribution in [-0.4, -0.2) is 48.6 Å². The van der Waals surface area contributed by atoms with Crippen molar-refractivity contribution in [3.63, 3.8) is 0 Å². The number of likely N-dealkylation sites (N-methyl/N-ethyl adjacent to an activating group) is 1. The Bertz CT molecular complexity index is 612. The molecule has 1 aliphatic carbocycles. The van der Waals surface area contributed by atoms with Crippen LogP contribution < -0.4 is 4.74 Å². The van der Waals surface area contributed by atoms with Gasteiger partial charge in [0.2, 0.25) is 0 Å². The van der Waals surface area contributed by atoms with E-state index in [1.807, 2.05) is 37.4 Å². The molecule has 0 atom stereocenters. The van der Waals surface area contributed by atoms with Gasteiger partial charge in [-0.05, 0) is 75.4 Å². The lowest BCUT2D eigenvalue weighted by Gasteiger charge is -2.34. The monoisotopic (exact) mass is 464 g/mol. The molecule has 1 aromatic rings. The fourth-order valence-corrected chi connectivity index (χ4v) is 4.42. The van der Waals surface area contributed by atoms with Crippen LogP contribution in [0, 0.1) is 5.92 Å². The minimum Gasteiger partial charge on any atom is -0.410 e. The largest absolute Gasteiger partial charge is 0.415 e. The van der Waals surface area contributed by atoms with E-state index >= 15 is 0 Å². The van der Waals surface area contributed by atoms with Crippen molar-refractivity contribution < 1.29 is 9.53 Å². The second-order valence-electron chi connectivity index (χ2n) is 8.14. The molecule has 0 bridgehead atoms. The van der Waals surface area contributed by atoms with Gasteiger partial charge < -0.3 is 9.64 Å². The number of carbonyl (C=O) groups excluding carboxylic acids is 1. The predicted molar refractivity (Wildman–Crippen MR) is 124 cm³/mol. The third-order valence-corrected chi connectivity index (χ3v) is 6.62. The second kappa shape index (κ2) is 13.1. The molecule has 1 aromatic carbocycles. The van der Waals surface area contributed by atoms with Gasteiger partial charge in [0, 0.05) is 24.1 Å². The highest BCUT2D eigenvalue weighted by Crippen LogP contribution is 2.31. The highest BCUT2D eigenvalue weighted by Gasteiger charge is 2.27. The topological polar surface area (TPSA) is 32.8 Å². The van der Waals surface area contributed by atoms with Crippen molar-refractivity contribution in [2.45, 2.75) is 64.3 Å². The molecule has 162 valence electrons. The number of rotatable bonds is 11. The average Bonchev–Trinajstić information content (AvgIpc) is 2.74. The van der Waals surface area contributed by atoms with E-state index in [1.165, 1.54) is 45.1 Å². The molecule has 1 fully saturated rings. The lowest BCUT2D eigenvalue weighted by atomic mass is 9.82. The van der Waals surface area contributed by atoms with Crippen LogP contribution in [0.4, 0.5) is 4.79 Å². The third-order valence-electron chi connectivity index (χ3n) is 6.09. The molecular formula is C24H37BrN2O2. The van der Waals surface area contributed by atoms with E-state index in [0.717, 1.165) is 36.3 Å². The molecule has 2 rings (SSSR count). The van der Waals surface area contributed by atoms with Crippen molar-refractivity contribution in [1.82, 2.24) is 9.80 Å². The van der Waals surface area contributed by atoms with Crippen LogP contribution in [0.2, 0.25) is 0 Å². The molecule has 1 amide bonds. The highest BCUT2D eigenvalue weighted by molar-refractivity contribution is 9.10. The fourth-order valence-electron chi connectivity index (χ4n) is 4.15. The van der Waals surface area contributed by atoms with Crippen molar-refractivity contribution in [2.24, 2.45) is 5.92 Å². The quantitative estimate of drug-likeness (QED) is 0.276. The Kier molecular flexibility index (Phi) is 10.8. The SMILES string of the molecule is C=CCN(CC)CCCCCC1CCC(N(C)C(=O)Oc2ccc(Br)cc2)CC1. The lowest BCUT2D eigenvalue weighted by Crippen LogP contribution is -2.41. The number of nitrogens with zero attached hydrogens (tertiary/aromatic N) is 2. The molecule has 0 spiro atoms. The first-order valence-corrected chi connectivity index (χ1v) is 11.9. The number of amides is 1. The highest BCUT2D eigenvalue weighted by atomic mass is 79.9. The molecule has 0 radical (unpaired) electrons. The number of hydrogen-bond acceptors (Lipinski definition) is 3. The van der Waals surface area contributed by atoms with Gasteiger partial charge in [-0.15, -0.1) is 6.58 Å². The molecule has 0 aromatic heterocycles. The van der Waals surface area contributed by atoms with Crippen molar-refractivity contribution in [3.8, 4) is 5.75 Å². The zero-order valence-corrected chi connectivity index (χ0v) is 19.7. The van der Waals surface area contributed by atoms with Crippen LogP contribution in [0.1, 0.15) is 58.3 Å². The van der Waals surface area contributed by atoms with E-state index in [-0.39, 0.29) is 6.09 Å². The number of benzene rings is 1.